The fourth-order valence-electron chi connectivity index (χ4n) is 2.82. The number of benzene rings is 3. The number of nitrogens with one attached hydrogen (secondary N) is 2. The van der Waals surface area contributed by atoms with Crippen LogP contribution in [0.2, 0.25) is 5.02 Å². The van der Waals surface area contributed by atoms with E-state index in [0.29, 0.717) is 16.8 Å². The van der Waals surface area contributed by atoms with Crippen LogP contribution in [0.5, 0.6) is 0 Å². The van der Waals surface area contributed by atoms with Crippen LogP contribution in [0, 0.1) is 0 Å². The van der Waals surface area contributed by atoms with Crippen molar-refractivity contribution in [1.29, 1.82) is 0 Å². The van der Waals surface area contributed by atoms with Gasteiger partial charge in [-0.15, -0.1) is 0 Å². The monoisotopic (exact) mass is 416 g/mol. The highest BCUT2D eigenvalue weighted by atomic mass is 35.5. The first kappa shape index (κ1) is 19.9. The fourth-order valence-corrected chi connectivity index (χ4v) is 4.40. The highest BCUT2D eigenvalue weighted by Crippen LogP contribution is 2.28. The molecular weight excluding hydrogens is 400 g/mol. The summed E-state index contributed by atoms with van der Waals surface area (Å²) in [7, 11) is -3.85. The summed E-state index contributed by atoms with van der Waals surface area (Å²) in [5, 5.41) is 9.20. The zero-order valence-corrected chi connectivity index (χ0v) is 16.1. The molecule has 144 valence electrons. The molecule has 3 aromatic carbocycles. The fraction of sp³-hybridized carbons (Fsp3) is 0.0500. The minimum atomic E-state index is -3.85. The predicted octanol–water partition coefficient (Wildman–Crippen LogP) is 3.78. The zero-order valence-electron chi connectivity index (χ0n) is 14.5. The number of hydrogen-bond acceptors (Lipinski definition) is 4. The summed E-state index contributed by atoms with van der Waals surface area (Å²) in [6, 6.07) is 21.4. The molecular formula is C20H17ClN2O4S. The van der Waals surface area contributed by atoms with Crippen molar-refractivity contribution in [2.24, 2.45) is 0 Å². The third-order valence-corrected chi connectivity index (χ3v) is 6.01. The highest BCUT2D eigenvalue weighted by molar-refractivity contribution is 7.92. The van der Waals surface area contributed by atoms with E-state index in [1.165, 1.54) is 12.1 Å². The molecule has 8 heteroatoms. The summed E-state index contributed by atoms with van der Waals surface area (Å²) in [5.74, 6) is -1.32. The number of anilines is 1. The van der Waals surface area contributed by atoms with Crippen LogP contribution in [0.4, 0.5) is 5.69 Å². The van der Waals surface area contributed by atoms with Crippen LogP contribution in [-0.2, 0) is 14.8 Å². The van der Waals surface area contributed by atoms with Crippen molar-refractivity contribution >= 4 is 33.2 Å². The van der Waals surface area contributed by atoms with Gasteiger partial charge in [0.05, 0.1) is 10.9 Å². The second-order valence-electron chi connectivity index (χ2n) is 5.98. The van der Waals surface area contributed by atoms with E-state index < -0.39 is 21.8 Å². The minimum absolute atomic E-state index is 0.0254. The second-order valence-corrected chi connectivity index (χ2v) is 8.04. The molecule has 0 aliphatic carbocycles. The first-order chi connectivity index (χ1) is 13.4. The van der Waals surface area contributed by atoms with Gasteiger partial charge >= 0.3 is 0 Å². The Hall–Kier alpha value is -2.87. The van der Waals surface area contributed by atoms with Crippen LogP contribution in [0.3, 0.4) is 0 Å². The summed E-state index contributed by atoms with van der Waals surface area (Å²) >= 11 is 5.97. The standard InChI is InChI=1S/C20H17ClN2O4S/c21-17-8-4-5-9-18(17)28(26,27)23-16-12-10-15(11-13-16)19(20(24)22-25)14-6-2-1-3-7-14/h1-13,19,23,25H,(H,22,24). The molecule has 0 fully saturated rings. The van der Waals surface area contributed by atoms with Crippen molar-refractivity contribution in [3.63, 3.8) is 0 Å². The normalized spacial score (nSPS) is 12.2. The maximum absolute atomic E-state index is 12.5. The summed E-state index contributed by atoms with van der Waals surface area (Å²) in [4.78, 5) is 12.1. The smallest absolute Gasteiger partial charge is 0.263 e. The van der Waals surface area contributed by atoms with Gasteiger partial charge < -0.3 is 0 Å². The van der Waals surface area contributed by atoms with E-state index in [2.05, 4.69) is 4.72 Å². The summed E-state index contributed by atoms with van der Waals surface area (Å²) in [5.41, 5.74) is 3.29. The van der Waals surface area contributed by atoms with Crippen LogP contribution in [0.1, 0.15) is 17.0 Å². The average molecular weight is 417 g/mol. The third kappa shape index (κ3) is 4.33. The summed E-state index contributed by atoms with van der Waals surface area (Å²) in [6.07, 6.45) is 0. The van der Waals surface area contributed by atoms with Crippen molar-refractivity contribution in [1.82, 2.24) is 5.48 Å². The Labute approximate surface area is 167 Å². The van der Waals surface area contributed by atoms with Gasteiger partial charge in [0.15, 0.2) is 0 Å². The van der Waals surface area contributed by atoms with Crippen LogP contribution >= 0.6 is 11.6 Å². The summed E-state index contributed by atoms with van der Waals surface area (Å²) in [6.45, 7) is 0. The van der Waals surface area contributed by atoms with Gasteiger partial charge in [-0.25, -0.2) is 13.9 Å². The largest absolute Gasteiger partial charge is 0.289 e. The lowest BCUT2D eigenvalue weighted by Gasteiger charge is -2.16. The van der Waals surface area contributed by atoms with Crippen LogP contribution in [0.25, 0.3) is 0 Å². The Morgan fingerprint density at radius 3 is 2.04 bits per heavy atom. The number of carbonyl (C=O) groups is 1. The van der Waals surface area contributed by atoms with Crippen molar-refractivity contribution < 1.29 is 18.4 Å². The Kier molecular flexibility index (Phi) is 5.99. The highest BCUT2D eigenvalue weighted by Gasteiger charge is 2.23. The molecule has 0 saturated heterocycles. The molecule has 0 bridgehead atoms. The van der Waals surface area contributed by atoms with Gasteiger partial charge in [-0.2, -0.15) is 0 Å². The number of amides is 1. The minimum Gasteiger partial charge on any atom is -0.289 e. The number of hydroxylamine groups is 1. The lowest BCUT2D eigenvalue weighted by molar-refractivity contribution is -0.129. The van der Waals surface area contributed by atoms with Crippen molar-refractivity contribution in [3.8, 4) is 0 Å². The Morgan fingerprint density at radius 2 is 1.43 bits per heavy atom. The lowest BCUT2D eigenvalue weighted by atomic mass is 9.90. The lowest BCUT2D eigenvalue weighted by Crippen LogP contribution is -2.27. The number of hydrogen-bond donors (Lipinski definition) is 3. The molecule has 0 aliphatic heterocycles. The van der Waals surface area contributed by atoms with E-state index in [1.807, 2.05) is 6.07 Å². The first-order valence-electron chi connectivity index (χ1n) is 8.28. The molecule has 1 unspecified atom stereocenters. The van der Waals surface area contributed by atoms with E-state index in [-0.39, 0.29) is 9.92 Å². The van der Waals surface area contributed by atoms with E-state index in [9.17, 15) is 13.2 Å². The first-order valence-corrected chi connectivity index (χ1v) is 10.1. The maximum Gasteiger partial charge on any atom is 0.263 e. The van der Waals surface area contributed by atoms with E-state index >= 15 is 0 Å². The van der Waals surface area contributed by atoms with Crippen molar-refractivity contribution in [3.05, 3.63) is 95.0 Å². The quantitative estimate of drug-likeness (QED) is 0.421. The third-order valence-electron chi connectivity index (χ3n) is 4.13. The van der Waals surface area contributed by atoms with Gasteiger partial charge in [0.2, 0.25) is 0 Å². The predicted molar refractivity (Wildman–Crippen MR) is 107 cm³/mol. The molecule has 0 saturated carbocycles. The molecule has 28 heavy (non-hydrogen) atoms. The van der Waals surface area contributed by atoms with Gasteiger partial charge in [0.1, 0.15) is 4.90 Å². The average Bonchev–Trinajstić information content (AvgIpc) is 2.70. The van der Waals surface area contributed by atoms with Crippen LogP contribution in [-0.4, -0.2) is 19.5 Å². The summed E-state index contributed by atoms with van der Waals surface area (Å²) < 4.78 is 27.5. The Bertz CT molecular complexity index is 1070. The van der Waals surface area contributed by atoms with Crippen molar-refractivity contribution in [2.45, 2.75) is 10.8 Å². The molecule has 0 heterocycles. The Balaban J connectivity index is 1.88. The number of carbonyl (C=O) groups excluding carboxylic acids is 1. The molecule has 0 spiro atoms. The number of sulfonamides is 1. The van der Waals surface area contributed by atoms with Gasteiger partial charge in [-0.1, -0.05) is 66.2 Å². The zero-order chi connectivity index (χ0) is 20.1. The molecule has 1 atom stereocenters. The second kappa shape index (κ2) is 8.43. The van der Waals surface area contributed by atoms with Gasteiger partial charge in [-0.3, -0.25) is 14.7 Å². The topological polar surface area (TPSA) is 95.5 Å². The van der Waals surface area contributed by atoms with Gasteiger partial charge in [-0.05, 0) is 35.4 Å². The van der Waals surface area contributed by atoms with Crippen molar-refractivity contribution in [2.75, 3.05) is 4.72 Å². The van der Waals surface area contributed by atoms with Crippen LogP contribution < -0.4 is 10.2 Å². The van der Waals surface area contributed by atoms with Gasteiger partial charge in [0.25, 0.3) is 15.9 Å². The molecule has 3 aromatic rings. The Morgan fingerprint density at radius 1 is 0.857 bits per heavy atom. The molecule has 0 aromatic heterocycles. The number of rotatable bonds is 6. The molecule has 3 rings (SSSR count). The van der Waals surface area contributed by atoms with E-state index in [1.54, 1.807) is 66.1 Å². The molecule has 6 nitrogen and oxygen atoms in total. The molecule has 0 aliphatic rings. The van der Waals surface area contributed by atoms with Crippen LogP contribution in [0.15, 0.2) is 83.8 Å². The SMILES string of the molecule is O=C(NO)C(c1ccccc1)c1ccc(NS(=O)(=O)c2ccccc2Cl)cc1. The molecule has 0 radical (unpaired) electrons. The van der Waals surface area contributed by atoms with Gasteiger partial charge in [0, 0.05) is 5.69 Å². The molecule has 1 amide bonds. The van der Waals surface area contributed by atoms with E-state index in [4.69, 9.17) is 16.8 Å². The van der Waals surface area contributed by atoms with E-state index in [0.717, 1.165) is 0 Å². The maximum atomic E-state index is 12.5. The molecule has 3 N–H and O–H groups in total. The number of halogens is 1.